The fourth-order valence-electron chi connectivity index (χ4n) is 3.90. The minimum absolute atomic E-state index is 0.0837. The maximum Gasteiger partial charge on any atom is 0.255 e. The van der Waals surface area contributed by atoms with Crippen LogP contribution in [0.1, 0.15) is 49.4 Å². The quantitative estimate of drug-likeness (QED) is 0.624. The summed E-state index contributed by atoms with van der Waals surface area (Å²) in [6.45, 7) is 2.54. The molecular formula is C24H28N2O3. The number of carbonyl (C=O) groups excluding carboxylic acids is 2. The van der Waals surface area contributed by atoms with Crippen LogP contribution in [0, 0.1) is 17.8 Å². The average Bonchev–Trinajstić information content (AvgIpc) is 3.62. The van der Waals surface area contributed by atoms with Crippen molar-refractivity contribution in [1.29, 1.82) is 0 Å². The molecular weight excluding hydrogens is 364 g/mol. The summed E-state index contributed by atoms with van der Waals surface area (Å²) in [6.07, 6.45) is 5.76. The molecule has 2 amide bonds. The normalized spacial score (nSPS) is 15.8. The molecule has 0 aromatic heterocycles. The summed E-state index contributed by atoms with van der Waals surface area (Å²) in [4.78, 5) is 24.9. The molecule has 2 fully saturated rings. The van der Waals surface area contributed by atoms with Crippen LogP contribution in [0.3, 0.4) is 0 Å². The Morgan fingerprint density at radius 3 is 2.00 bits per heavy atom. The van der Waals surface area contributed by atoms with Crippen LogP contribution in [0.25, 0.3) is 0 Å². The zero-order valence-electron chi connectivity index (χ0n) is 16.8. The lowest BCUT2D eigenvalue weighted by atomic mass is 9.94. The molecule has 5 heteroatoms. The van der Waals surface area contributed by atoms with Gasteiger partial charge >= 0.3 is 0 Å². The van der Waals surface area contributed by atoms with Gasteiger partial charge in [0.1, 0.15) is 5.75 Å². The van der Waals surface area contributed by atoms with E-state index in [2.05, 4.69) is 10.6 Å². The molecule has 0 radical (unpaired) electrons. The first kappa shape index (κ1) is 19.5. The van der Waals surface area contributed by atoms with Gasteiger partial charge in [-0.3, -0.25) is 9.59 Å². The molecule has 2 aromatic rings. The monoisotopic (exact) mass is 392 g/mol. The molecule has 2 aliphatic rings. The van der Waals surface area contributed by atoms with Gasteiger partial charge in [0, 0.05) is 23.4 Å². The maximum absolute atomic E-state index is 12.4. The van der Waals surface area contributed by atoms with E-state index >= 15 is 0 Å². The number of carbonyl (C=O) groups is 2. The van der Waals surface area contributed by atoms with Crippen molar-refractivity contribution >= 4 is 23.2 Å². The molecule has 0 heterocycles. The minimum Gasteiger partial charge on any atom is -0.494 e. The molecule has 5 nitrogen and oxygen atoms in total. The Kier molecular flexibility index (Phi) is 5.84. The fraction of sp³-hybridized carbons (Fsp3) is 0.417. The number of hydrogen-bond donors (Lipinski definition) is 2. The largest absolute Gasteiger partial charge is 0.494 e. The van der Waals surface area contributed by atoms with Gasteiger partial charge in [-0.15, -0.1) is 0 Å². The lowest BCUT2D eigenvalue weighted by Gasteiger charge is -2.15. The van der Waals surface area contributed by atoms with Crippen LogP contribution in [-0.4, -0.2) is 18.4 Å². The Morgan fingerprint density at radius 1 is 0.897 bits per heavy atom. The number of anilines is 2. The van der Waals surface area contributed by atoms with E-state index in [-0.39, 0.29) is 11.8 Å². The highest BCUT2D eigenvalue weighted by molar-refractivity contribution is 6.04. The third-order valence-electron chi connectivity index (χ3n) is 5.73. The van der Waals surface area contributed by atoms with E-state index in [1.54, 1.807) is 24.3 Å². The smallest absolute Gasteiger partial charge is 0.255 e. The van der Waals surface area contributed by atoms with Crippen LogP contribution in [-0.2, 0) is 4.79 Å². The standard InChI is InChI=1S/C24H28N2O3/c1-2-29-21-13-11-20(12-14-21)26-24(28)18-7-9-19(10-8-18)25-23(27)15-22(16-3-4-16)17-5-6-17/h7-14,16-17,22H,2-6,15H2,1H3,(H,25,27)(H,26,28). The number of rotatable bonds is 9. The van der Waals surface area contributed by atoms with E-state index in [9.17, 15) is 9.59 Å². The average molecular weight is 392 g/mol. The predicted octanol–water partition coefficient (Wildman–Crippen LogP) is 5.10. The molecule has 0 bridgehead atoms. The maximum atomic E-state index is 12.4. The van der Waals surface area contributed by atoms with Gasteiger partial charge in [-0.05, 0) is 98.9 Å². The van der Waals surface area contributed by atoms with Crippen molar-refractivity contribution in [2.75, 3.05) is 17.2 Å². The van der Waals surface area contributed by atoms with Crippen LogP contribution < -0.4 is 15.4 Å². The molecule has 0 unspecified atom stereocenters. The first-order chi connectivity index (χ1) is 14.1. The van der Waals surface area contributed by atoms with Gasteiger partial charge in [-0.25, -0.2) is 0 Å². The summed E-state index contributed by atoms with van der Waals surface area (Å²) in [5.41, 5.74) is 1.99. The topological polar surface area (TPSA) is 67.4 Å². The van der Waals surface area contributed by atoms with Crippen molar-refractivity contribution < 1.29 is 14.3 Å². The number of benzene rings is 2. The Labute approximate surface area is 171 Å². The van der Waals surface area contributed by atoms with Crippen LogP contribution in [0.2, 0.25) is 0 Å². The van der Waals surface area contributed by atoms with Gasteiger partial charge in [-0.1, -0.05) is 0 Å². The van der Waals surface area contributed by atoms with Crippen LogP contribution >= 0.6 is 0 Å². The molecule has 2 aromatic carbocycles. The second-order valence-corrected chi connectivity index (χ2v) is 8.08. The van der Waals surface area contributed by atoms with Gasteiger partial charge in [0.15, 0.2) is 0 Å². The number of ether oxygens (including phenoxy) is 1. The number of nitrogens with one attached hydrogen (secondary N) is 2. The van der Waals surface area contributed by atoms with E-state index < -0.39 is 0 Å². The fourth-order valence-corrected chi connectivity index (χ4v) is 3.90. The molecule has 152 valence electrons. The number of amides is 2. The predicted molar refractivity (Wildman–Crippen MR) is 114 cm³/mol. The molecule has 29 heavy (non-hydrogen) atoms. The van der Waals surface area contributed by atoms with Crippen molar-refractivity contribution in [1.82, 2.24) is 0 Å². The third-order valence-corrected chi connectivity index (χ3v) is 5.73. The van der Waals surface area contributed by atoms with Gasteiger partial charge in [0.2, 0.25) is 5.91 Å². The van der Waals surface area contributed by atoms with E-state index in [1.165, 1.54) is 25.7 Å². The molecule has 2 N–H and O–H groups in total. The van der Waals surface area contributed by atoms with Gasteiger partial charge < -0.3 is 15.4 Å². The molecule has 2 saturated carbocycles. The van der Waals surface area contributed by atoms with Crippen molar-refractivity contribution in [3.8, 4) is 5.75 Å². The SMILES string of the molecule is CCOc1ccc(NC(=O)c2ccc(NC(=O)CC(C3CC3)C3CC3)cc2)cc1. The summed E-state index contributed by atoms with van der Waals surface area (Å²) in [6, 6.07) is 14.3. The Bertz CT molecular complexity index is 841. The van der Waals surface area contributed by atoms with Gasteiger partial charge in [0.05, 0.1) is 6.61 Å². The zero-order chi connectivity index (χ0) is 20.2. The Morgan fingerprint density at radius 2 is 1.45 bits per heavy atom. The van der Waals surface area contributed by atoms with E-state index in [1.807, 2.05) is 31.2 Å². The highest BCUT2D eigenvalue weighted by Crippen LogP contribution is 2.50. The van der Waals surface area contributed by atoms with Crippen molar-refractivity contribution in [2.45, 2.75) is 39.0 Å². The Balaban J connectivity index is 1.29. The summed E-state index contributed by atoms with van der Waals surface area (Å²) in [7, 11) is 0. The van der Waals surface area contributed by atoms with E-state index in [4.69, 9.17) is 4.74 Å². The summed E-state index contributed by atoms with van der Waals surface area (Å²) < 4.78 is 5.40. The summed E-state index contributed by atoms with van der Waals surface area (Å²) in [5, 5.41) is 5.86. The lowest BCUT2D eigenvalue weighted by Crippen LogP contribution is -2.19. The summed E-state index contributed by atoms with van der Waals surface area (Å²) in [5.74, 6) is 2.77. The van der Waals surface area contributed by atoms with Crippen molar-refractivity contribution in [2.24, 2.45) is 17.8 Å². The van der Waals surface area contributed by atoms with E-state index in [0.29, 0.717) is 30.2 Å². The second-order valence-electron chi connectivity index (χ2n) is 8.08. The Hall–Kier alpha value is -2.82. The molecule has 0 spiro atoms. The lowest BCUT2D eigenvalue weighted by molar-refractivity contribution is -0.117. The first-order valence-electron chi connectivity index (χ1n) is 10.6. The molecule has 0 saturated heterocycles. The first-order valence-corrected chi connectivity index (χ1v) is 10.6. The second kappa shape index (κ2) is 8.68. The molecule has 0 atom stereocenters. The van der Waals surface area contributed by atoms with Gasteiger partial charge in [-0.2, -0.15) is 0 Å². The van der Waals surface area contributed by atoms with Crippen LogP contribution in [0.15, 0.2) is 48.5 Å². The van der Waals surface area contributed by atoms with Crippen LogP contribution in [0.4, 0.5) is 11.4 Å². The zero-order valence-corrected chi connectivity index (χ0v) is 16.8. The van der Waals surface area contributed by atoms with Crippen molar-refractivity contribution in [3.05, 3.63) is 54.1 Å². The molecule has 4 rings (SSSR count). The van der Waals surface area contributed by atoms with Crippen molar-refractivity contribution in [3.63, 3.8) is 0 Å². The highest BCUT2D eigenvalue weighted by Gasteiger charge is 2.42. The molecule has 0 aliphatic heterocycles. The number of hydrogen-bond acceptors (Lipinski definition) is 3. The van der Waals surface area contributed by atoms with Crippen LogP contribution in [0.5, 0.6) is 5.75 Å². The van der Waals surface area contributed by atoms with E-state index in [0.717, 1.165) is 23.3 Å². The highest BCUT2D eigenvalue weighted by atomic mass is 16.5. The minimum atomic E-state index is -0.186. The third kappa shape index (κ3) is 5.37. The van der Waals surface area contributed by atoms with Gasteiger partial charge in [0.25, 0.3) is 5.91 Å². The summed E-state index contributed by atoms with van der Waals surface area (Å²) >= 11 is 0. The molecule has 2 aliphatic carbocycles.